The first-order valence-electron chi connectivity index (χ1n) is 11.0. The first-order chi connectivity index (χ1) is 16.7. The van der Waals surface area contributed by atoms with Gasteiger partial charge < -0.3 is 15.4 Å². The molecule has 0 amide bonds. The maximum Gasteiger partial charge on any atom is 0.262 e. The molecule has 35 heavy (non-hydrogen) atoms. The molecule has 8 nitrogen and oxygen atoms in total. The molecule has 0 fully saturated rings. The molecule has 3 N–H and O–H groups in total. The van der Waals surface area contributed by atoms with Crippen molar-refractivity contribution in [2.75, 3.05) is 22.5 Å². The molecule has 0 radical (unpaired) electrons. The normalized spacial score (nSPS) is 11.1. The van der Waals surface area contributed by atoms with Gasteiger partial charge in [0.1, 0.15) is 11.6 Å². The minimum atomic E-state index is -3.69. The quantitative estimate of drug-likeness (QED) is 0.292. The van der Waals surface area contributed by atoms with E-state index in [4.69, 9.17) is 4.74 Å². The fraction of sp³-hybridized carbons (Fsp3) is 0.154. The van der Waals surface area contributed by atoms with Crippen LogP contribution in [0.25, 0.3) is 0 Å². The van der Waals surface area contributed by atoms with E-state index >= 15 is 0 Å². The third kappa shape index (κ3) is 6.07. The minimum Gasteiger partial charge on any atom is -0.497 e. The van der Waals surface area contributed by atoms with Crippen molar-refractivity contribution in [3.05, 3.63) is 89.6 Å². The molecule has 0 aliphatic carbocycles. The van der Waals surface area contributed by atoms with Gasteiger partial charge >= 0.3 is 0 Å². The van der Waals surface area contributed by atoms with Crippen LogP contribution >= 0.6 is 0 Å². The highest BCUT2D eigenvalue weighted by atomic mass is 32.2. The Bertz CT molecular complexity index is 1440. The molecule has 0 aliphatic rings. The number of anilines is 5. The van der Waals surface area contributed by atoms with Crippen LogP contribution in [0.1, 0.15) is 16.8 Å². The van der Waals surface area contributed by atoms with Gasteiger partial charge in [-0.2, -0.15) is 4.98 Å². The van der Waals surface area contributed by atoms with Gasteiger partial charge in [0.05, 0.1) is 12.0 Å². The zero-order valence-electron chi connectivity index (χ0n) is 20.0. The largest absolute Gasteiger partial charge is 0.497 e. The van der Waals surface area contributed by atoms with Crippen LogP contribution in [0.2, 0.25) is 0 Å². The van der Waals surface area contributed by atoms with Crippen molar-refractivity contribution in [1.29, 1.82) is 0 Å². The molecule has 0 saturated carbocycles. The average molecular weight is 490 g/mol. The lowest BCUT2D eigenvalue weighted by Gasteiger charge is -2.12. The molecule has 180 valence electrons. The van der Waals surface area contributed by atoms with Crippen LogP contribution in [0.4, 0.5) is 28.8 Å². The standard InChI is InChI=1S/C26H27N5O3S/c1-17-5-14-24(18(2)15-17)35(32,33)31-22-8-6-21(7-9-22)29-26-27-19(3)16-25(30-26)28-20-10-12-23(34-4)13-11-20/h5-16,31H,1-4H3,(H2,27,28,29,30). The highest BCUT2D eigenvalue weighted by molar-refractivity contribution is 7.92. The van der Waals surface area contributed by atoms with Gasteiger partial charge in [-0.3, -0.25) is 4.72 Å². The number of ether oxygens (including phenoxy) is 1. The topological polar surface area (TPSA) is 105 Å². The third-order valence-corrected chi connectivity index (χ3v) is 6.77. The summed E-state index contributed by atoms with van der Waals surface area (Å²) in [7, 11) is -2.06. The smallest absolute Gasteiger partial charge is 0.262 e. The number of sulfonamides is 1. The van der Waals surface area contributed by atoms with Crippen molar-refractivity contribution in [3.8, 4) is 5.75 Å². The summed E-state index contributed by atoms with van der Waals surface area (Å²) < 4.78 is 33.4. The number of rotatable bonds is 8. The molecule has 3 aromatic carbocycles. The van der Waals surface area contributed by atoms with Gasteiger partial charge in [-0.25, -0.2) is 13.4 Å². The van der Waals surface area contributed by atoms with Crippen molar-refractivity contribution in [1.82, 2.24) is 9.97 Å². The molecular formula is C26H27N5O3S. The van der Waals surface area contributed by atoms with Crippen molar-refractivity contribution >= 4 is 38.9 Å². The summed E-state index contributed by atoms with van der Waals surface area (Å²) in [5, 5.41) is 6.42. The number of nitrogens with zero attached hydrogens (tertiary/aromatic N) is 2. The van der Waals surface area contributed by atoms with E-state index in [2.05, 4.69) is 25.3 Å². The first kappa shape index (κ1) is 24.0. The predicted octanol–water partition coefficient (Wildman–Crippen LogP) is 5.70. The molecule has 0 atom stereocenters. The van der Waals surface area contributed by atoms with Crippen LogP contribution in [0.3, 0.4) is 0 Å². The van der Waals surface area contributed by atoms with Crippen molar-refractivity contribution in [2.24, 2.45) is 0 Å². The fourth-order valence-corrected chi connectivity index (χ4v) is 4.86. The second kappa shape index (κ2) is 10.0. The summed E-state index contributed by atoms with van der Waals surface area (Å²) in [5.74, 6) is 1.84. The van der Waals surface area contributed by atoms with Crippen LogP contribution in [0.5, 0.6) is 5.75 Å². The summed E-state index contributed by atoms with van der Waals surface area (Å²) in [6.45, 7) is 5.60. The molecule has 0 bridgehead atoms. The summed E-state index contributed by atoms with van der Waals surface area (Å²) in [6.07, 6.45) is 0. The van der Waals surface area contributed by atoms with E-state index in [1.807, 2.05) is 50.2 Å². The summed E-state index contributed by atoms with van der Waals surface area (Å²) in [6, 6.07) is 21.6. The Morgan fingerprint density at radius 1 is 0.743 bits per heavy atom. The highest BCUT2D eigenvalue weighted by Crippen LogP contribution is 2.24. The van der Waals surface area contributed by atoms with Gasteiger partial charge in [-0.15, -0.1) is 0 Å². The number of benzene rings is 3. The monoisotopic (exact) mass is 489 g/mol. The van der Waals surface area contributed by atoms with E-state index < -0.39 is 10.0 Å². The van der Waals surface area contributed by atoms with Crippen LogP contribution < -0.4 is 20.1 Å². The Morgan fingerprint density at radius 2 is 1.37 bits per heavy atom. The third-order valence-electron chi connectivity index (χ3n) is 5.23. The second-order valence-corrected chi connectivity index (χ2v) is 9.80. The molecule has 0 unspecified atom stereocenters. The molecule has 0 saturated heterocycles. The highest BCUT2D eigenvalue weighted by Gasteiger charge is 2.17. The van der Waals surface area contributed by atoms with Crippen molar-refractivity contribution in [3.63, 3.8) is 0 Å². The van der Waals surface area contributed by atoms with E-state index in [-0.39, 0.29) is 4.90 Å². The lowest BCUT2D eigenvalue weighted by atomic mass is 10.2. The van der Waals surface area contributed by atoms with Crippen LogP contribution in [-0.4, -0.2) is 25.5 Å². The summed E-state index contributed by atoms with van der Waals surface area (Å²) >= 11 is 0. The molecule has 4 aromatic rings. The number of aromatic nitrogens is 2. The predicted molar refractivity (Wildman–Crippen MR) is 139 cm³/mol. The Hall–Kier alpha value is -4.11. The zero-order chi connectivity index (χ0) is 25.0. The molecule has 1 aromatic heterocycles. The number of hydrogen-bond acceptors (Lipinski definition) is 7. The van der Waals surface area contributed by atoms with Crippen molar-refractivity contribution < 1.29 is 13.2 Å². The Kier molecular flexibility index (Phi) is 6.88. The van der Waals surface area contributed by atoms with E-state index in [1.165, 1.54) is 0 Å². The SMILES string of the molecule is COc1ccc(Nc2cc(C)nc(Nc3ccc(NS(=O)(=O)c4ccc(C)cc4C)cc3)n2)cc1. The lowest BCUT2D eigenvalue weighted by molar-refractivity contribution is 0.415. The van der Waals surface area contributed by atoms with Gasteiger partial charge in [-0.05, 0) is 80.9 Å². The van der Waals surface area contributed by atoms with E-state index in [0.717, 1.165) is 28.4 Å². The van der Waals surface area contributed by atoms with Gasteiger partial charge in [0.15, 0.2) is 0 Å². The number of methoxy groups -OCH3 is 1. The number of aryl methyl sites for hydroxylation is 3. The Balaban J connectivity index is 1.46. The Labute approximate surface area is 205 Å². The van der Waals surface area contributed by atoms with Gasteiger partial charge in [0.2, 0.25) is 5.95 Å². The van der Waals surface area contributed by atoms with Gasteiger partial charge in [-0.1, -0.05) is 17.7 Å². The molecular weight excluding hydrogens is 462 g/mol. The second-order valence-electron chi connectivity index (χ2n) is 8.15. The van der Waals surface area contributed by atoms with Gasteiger partial charge in [0.25, 0.3) is 10.0 Å². The first-order valence-corrected chi connectivity index (χ1v) is 12.4. The molecule has 0 aliphatic heterocycles. The molecule has 4 rings (SSSR count). The fourth-order valence-electron chi connectivity index (χ4n) is 3.57. The van der Waals surface area contributed by atoms with Gasteiger partial charge in [0, 0.05) is 28.8 Å². The summed E-state index contributed by atoms with van der Waals surface area (Å²) in [4.78, 5) is 9.23. The maximum absolute atomic E-state index is 12.8. The number of hydrogen-bond donors (Lipinski definition) is 3. The minimum absolute atomic E-state index is 0.260. The van der Waals surface area contributed by atoms with E-state index in [9.17, 15) is 8.42 Å². The van der Waals surface area contributed by atoms with E-state index in [1.54, 1.807) is 50.4 Å². The van der Waals surface area contributed by atoms with Crippen LogP contribution in [0, 0.1) is 20.8 Å². The number of nitrogens with one attached hydrogen (secondary N) is 3. The lowest BCUT2D eigenvalue weighted by Crippen LogP contribution is -2.14. The maximum atomic E-state index is 12.8. The van der Waals surface area contributed by atoms with Crippen LogP contribution in [0.15, 0.2) is 77.7 Å². The van der Waals surface area contributed by atoms with Crippen LogP contribution in [-0.2, 0) is 10.0 Å². The zero-order valence-corrected chi connectivity index (χ0v) is 20.8. The van der Waals surface area contributed by atoms with E-state index in [0.29, 0.717) is 23.0 Å². The average Bonchev–Trinajstić information content (AvgIpc) is 2.80. The summed E-state index contributed by atoms with van der Waals surface area (Å²) in [5.41, 5.74) is 4.55. The Morgan fingerprint density at radius 3 is 2.03 bits per heavy atom. The molecule has 0 spiro atoms. The molecule has 1 heterocycles. The van der Waals surface area contributed by atoms with Crippen molar-refractivity contribution in [2.45, 2.75) is 25.7 Å². The molecule has 9 heteroatoms.